The molecular weight excluding hydrogens is 394 g/mol. The molecule has 1 aliphatic rings. The van der Waals surface area contributed by atoms with Crippen molar-refractivity contribution in [1.82, 2.24) is 5.32 Å². The smallest absolute Gasteiger partial charge is 0.255 e. The average molecular weight is 424 g/mol. The van der Waals surface area contributed by atoms with Gasteiger partial charge in [-0.2, -0.15) is 0 Å². The summed E-state index contributed by atoms with van der Waals surface area (Å²) in [5.41, 5.74) is 0.558. The second-order valence-electron chi connectivity index (χ2n) is 8.14. The highest BCUT2D eigenvalue weighted by Gasteiger charge is 2.37. The maximum atomic E-state index is 13.4. The summed E-state index contributed by atoms with van der Waals surface area (Å²) >= 11 is 1.67. The zero-order chi connectivity index (χ0) is 21.1. The number of ether oxygens (including phenoxy) is 1. The summed E-state index contributed by atoms with van der Waals surface area (Å²) in [7, 11) is 0. The fourth-order valence-corrected chi connectivity index (χ4v) is 5.71. The highest BCUT2D eigenvalue weighted by molar-refractivity contribution is 7.12. The first kappa shape index (κ1) is 20.9. The van der Waals surface area contributed by atoms with Crippen LogP contribution in [0.2, 0.25) is 0 Å². The van der Waals surface area contributed by atoms with E-state index in [2.05, 4.69) is 11.4 Å². The van der Waals surface area contributed by atoms with Crippen LogP contribution < -0.4 is 10.1 Å². The van der Waals surface area contributed by atoms with Gasteiger partial charge in [-0.1, -0.05) is 43.2 Å². The molecule has 1 heterocycles. The van der Waals surface area contributed by atoms with Crippen molar-refractivity contribution in [2.75, 3.05) is 13.2 Å². The number of hydrogen-bond donors (Lipinski definition) is 2. The quantitative estimate of drug-likeness (QED) is 0.520. The SMILES string of the molecule is CCOc1ccc2ccccc2c1C(=O)NCC1(c2ccc(C(C)O)s2)CCCC1. The van der Waals surface area contributed by atoms with Gasteiger partial charge in [-0.05, 0) is 55.7 Å². The van der Waals surface area contributed by atoms with E-state index < -0.39 is 6.10 Å². The Morgan fingerprint density at radius 2 is 1.93 bits per heavy atom. The van der Waals surface area contributed by atoms with Crippen LogP contribution in [0.1, 0.15) is 65.7 Å². The van der Waals surface area contributed by atoms with Crippen molar-refractivity contribution in [3.05, 3.63) is 63.8 Å². The van der Waals surface area contributed by atoms with Crippen molar-refractivity contribution in [3.63, 3.8) is 0 Å². The van der Waals surface area contributed by atoms with Crippen LogP contribution in [0.3, 0.4) is 0 Å². The van der Waals surface area contributed by atoms with Crippen molar-refractivity contribution in [2.45, 2.75) is 51.0 Å². The molecular formula is C25H29NO3S. The van der Waals surface area contributed by atoms with Crippen molar-refractivity contribution < 1.29 is 14.6 Å². The molecule has 4 nitrogen and oxygen atoms in total. The van der Waals surface area contributed by atoms with Crippen LogP contribution >= 0.6 is 11.3 Å². The van der Waals surface area contributed by atoms with E-state index in [1.165, 1.54) is 4.88 Å². The molecule has 0 saturated heterocycles. The van der Waals surface area contributed by atoms with E-state index in [-0.39, 0.29) is 11.3 Å². The third-order valence-corrected chi connectivity index (χ3v) is 7.63. The monoisotopic (exact) mass is 423 g/mol. The van der Waals surface area contributed by atoms with Crippen LogP contribution in [0.15, 0.2) is 48.5 Å². The third-order valence-electron chi connectivity index (χ3n) is 6.13. The lowest BCUT2D eigenvalue weighted by Crippen LogP contribution is -2.38. The molecule has 0 aliphatic heterocycles. The first-order valence-electron chi connectivity index (χ1n) is 10.7. The van der Waals surface area contributed by atoms with E-state index in [1.54, 1.807) is 18.3 Å². The summed E-state index contributed by atoms with van der Waals surface area (Å²) in [5.74, 6) is 0.538. The second-order valence-corrected chi connectivity index (χ2v) is 9.26. The van der Waals surface area contributed by atoms with E-state index in [0.717, 1.165) is 41.3 Å². The Balaban J connectivity index is 1.62. The minimum Gasteiger partial charge on any atom is -0.493 e. The van der Waals surface area contributed by atoms with E-state index >= 15 is 0 Å². The second kappa shape index (κ2) is 8.78. The summed E-state index contributed by atoms with van der Waals surface area (Å²) in [6.07, 6.45) is 3.98. The highest BCUT2D eigenvalue weighted by atomic mass is 32.1. The normalized spacial score (nSPS) is 16.5. The first-order chi connectivity index (χ1) is 14.5. The minimum atomic E-state index is -0.457. The summed E-state index contributed by atoms with van der Waals surface area (Å²) in [4.78, 5) is 15.6. The van der Waals surface area contributed by atoms with Gasteiger partial charge in [0.05, 0.1) is 18.3 Å². The molecule has 1 atom stereocenters. The standard InChI is InChI=1S/C25H29NO3S/c1-3-29-20-11-10-18-8-4-5-9-19(18)23(20)24(28)26-16-25(14-6-7-15-25)22-13-12-21(30-22)17(2)27/h4-5,8-13,17,27H,3,6-7,14-16H2,1-2H3,(H,26,28). The van der Waals surface area contributed by atoms with Gasteiger partial charge in [0.15, 0.2) is 0 Å². The Kier molecular flexibility index (Phi) is 6.11. The maximum Gasteiger partial charge on any atom is 0.255 e. The fraction of sp³-hybridized carbons (Fsp3) is 0.400. The maximum absolute atomic E-state index is 13.4. The van der Waals surface area contributed by atoms with Crippen LogP contribution in [-0.2, 0) is 5.41 Å². The Morgan fingerprint density at radius 1 is 1.17 bits per heavy atom. The van der Waals surface area contributed by atoms with Crippen molar-refractivity contribution in [3.8, 4) is 5.75 Å². The van der Waals surface area contributed by atoms with Gasteiger partial charge in [0.2, 0.25) is 0 Å². The summed E-state index contributed by atoms with van der Waals surface area (Å²) < 4.78 is 5.79. The zero-order valence-corrected chi connectivity index (χ0v) is 18.4. The van der Waals surface area contributed by atoms with Gasteiger partial charge in [0.1, 0.15) is 5.75 Å². The number of thiophene rings is 1. The largest absolute Gasteiger partial charge is 0.493 e. The van der Waals surface area contributed by atoms with Gasteiger partial charge in [0, 0.05) is 21.7 Å². The number of rotatable bonds is 7. The summed E-state index contributed by atoms with van der Waals surface area (Å²) in [5, 5.41) is 15.1. The summed E-state index contributed by atoms with van der Waals surface area (Å²) in [6, 6.07) is 16.0. The molecule has 2 N–H and O–H groups in total. The number of aliphatic hydroxyl groups excluding tert-OH is 1. The van der Waals surface area contributed by atoms with Crippen LogP contribution in [0.5, 0.6) is 5.75 Å². The topological polar surface area (TPSA) is 58.6 Å². The molecule has 3 aromatic rings. The molecule has 1 amide bonds. The molecule has 158 valence electrons. The Morgan fingerprint density at radius 3 is 2.63 bits per heavy atom. The molecule has 1 saturated carbocycles. The molecule has 5 heteroatoms. The van der Waals surface area contributed by atoms with E-state index in [9.17, 15) is 9.90 Å². The van der Waals surface area contributed by atoms with Crippen molar-refractivity contribution in [2.24, 2.45) is 0 Å². The predicted molar refractivity (Wildman–Crippen MR) is 123 cm³/mol. The number of carbonyl (C=O) groups is 1. The van der Waals surface area contributed by atoms with Crippen LogP contribution in [0, 0.1) is 0 Å². The number of nitrogens with one attached hydrogen (secondary N) is 1. The number of aliphatic hydroxyl groups is 1. The van der Waals surface area contributed by atoms with Crippen molar-refractivity contribution >= 4 is 28.0 Å². The minimum absolute atomic E-state index is 0.0518. The van der Waals surface area contributed by atoms with E-state index in [0.29, 0.717) is 24.5 Å². The van der Waals surface area contributed by atoms with Gasteiger partial charge in [0.25, 0.3) is 5.91 Å². The number of hydrogen-bond acceptors (Lipinski definition) is 4. The molecule has 30 heavy (non-hydrogen) atoms. The molecule has 0 radical (unpaired) electrons. The fourth-order valence-electron chi connectivity index (χ4n) is 4.52. The predicted octanol–water partition coefficient (Wildman–Crippen LogP) is 5.60. The number of fused-ring (bicyclic) bond motifs is 1. The zero-order valence-electron chi connectivity index (χ0n) is 17.6. The lowest BCUT2D eigenvalue weighted by atomic mass is 9.84. The van der Waals surface area contributed by atoms with Gasteiger partial charge >= 0.3 is 0 Å². The molecule has 1 unspecified atom stereocenters. The third kappa shape index (κ3) is 3.96. The lowest BCUT2D eigenvalue weighted by molar-refractivity contribution is 0.0941. The Hall–Kier alpha value is -2.37. The van der Waals surface area contributed by atoms with Gasteiger partial charge in [-0.25, -0.2) is 0 Å². The van der Waals surface area contributed by atoms with Crippen LogP contribution in [0.25, 0.3) is 10.8 Å². The van der Waals surface area contributed by atoms with Crippen LogP contribution in [-0.4, -0.2) is 24.2 Å². The molecule has 1 aromatic heterocycles. The molecule has 2 aromatic carbocycles. The average Bonchev–Trinajstić information content (AvgIpc) is 3.43. The lowest BCUT2D eigenvalue weighted by Gasteiger charge is -2.28. The van der Waals surface area contributed by atoms with E-state index in [4.69, 9.17) is 4.74 Å². The number of benzene rings is 2. The molecule has 4 rings (SSSR count). The molecule has 0 spiro atoms. The van der Waals surface area contributed by atoms with Gasteiger partial charge in [-0.3, -0.25) is 4.79 Å². The van der Waals surface area contributed by atoms with E-state index in [1.807, 2.05) is 49.4 Å². The Labute approximate surface area is 181 Å². The van der Waals surface area contributed by atoms with Crippen molar-refractivity contribution in [1.29, 1.82) is 0 Å². The molecule has 1 aliphatic carbocycles. The molecule has 1 fully saturated rings. The van der Waals surface area contributed by atoms with Crippen LogP contribution in [0.4, 0.5) is 0 Å². The number of carbonyl (C=O) groups excluding carboxylic acids is 1. The first-order valence-corrected chi connectivity index (χ1v) is 11.6. The number of amides is 1. The summed E-state index contributed by atoms with van der Waals surface area (Å²) in [6.45, 7) is 4.84. The Bertz CT molecular complexity index is 1030. The molecule has 0 bridgehead atoms. The highest BCUT2D eigenvalue weighted by Crippen LogP contribution is 2.44. The van der Waals surface area contributed by atoms with Gasteiger partial charge in [-0.15, -0.1) is 11.3 Å². The van der Waals surface area contributed by atoms with Gasteiger partial charge < -0.3 is 15.2 Å².